The summed E-state index contributed by atoms with van der Waals surface area (Å²) in [5, 5.41) is 15.8. The van der Waals surface area contributed by atoms with Gasteiger partial charge in [0.1, 0.15) is 19.0 Å². The lowest BCUT2D eigenvalue weighted by Crippen LogP contribution is -2.18. The van der Waals surface area contributed by atoms with Gasteiger partial charge < -0.3 is 19.3 Å². The number of fused-ring (bicyclic) bond motifs is 2. The fourth-order valence-corrected chi connectivity index (χ4v) is 3.00. The predicted molar refractivity (Wildman–Crippen MR) is 105 cm³/mol. The molecule has 142 valence electrons. The maximum atomic E-state index is 12.4. The van der Waals surface area contributed by atoms with Crippen molar-refractivity contribution in [3.63, 3.8) is 0 Å². The van der Waals surface area contributed by atoms with Crippen LogP contribution in [0.3, 0.4) is 0 Å². The summed E-state index contributed by atoms with van der Waals surface area (Å²) in [6.45, 7) is 0.914. The number of hydrazone groups is 1. The van der Waals surface area contributed by atoms with Crippen LogP contribution >= 0.6 is 0 Å². The largest absolute Gasteiger partial charge is 0.507 e. The highest BCUT2D eigenvalue weighted by Crippen LogP contribution is 2.40. The normalized spacial score (nSPS) is 12.9. The number of nitrogens with zero attached hydrogens (tertiary/aromatic N) is 1. The van der Waals surface area contributed by atoms with Gasteiger partial charge in [0.2, 0.25) is 5.75 Å². The Bertz CT molecular complexity index is 1060. The van der Waals surface area contributed by atoms with Crippen LogP contribution in [0.1, 0.15) is 15.9 Å². The molecule has 3 aromatic rings. The van der Waals surface area contributed by atoms with Crippen LogP contribution in [0.5, 0.6) is 23.0 Å². The second-order valence-electron chi connectivity index (χ2n) is 6.16. The van der Waals surface area contributed by atoms with Crippen LogP contribution in [0.2, 0.25) is 0 Å². The molecule has 7 nitrogen and oxygen atoms in total. The Morgan fingerprint density at radius 3 is 2.68 bits per heavy atom. The summed E-state index contributed by atoms with van der Waals surface area (Å²) in [6, 6.07) is 14.1. The van der Waals surface area contributed by atoms with Crippen molar-refractivity contribution >= 4 is 22.9 Å². The number of benzene rings is 3. The maximum Gasteiger partial charge on any atom is 0.275 e. The van der Waals surface area contributed by atoms with E-state index in [1.165, 1.54) is 6.21 Å². The summed E-state index contributed by atoms with van der Waals surface area (Å²) in [7, 11) is 1.54. The van der Waals surface area contributed by atoms with Gasteiger partial charge in [-0.3, -0.25) is 4.79 Å². The molecule has 1 aliphatic heterocycles. The molecule has 28 heavy (non-hydrogen) atoms. The number of methoxy groups -OCH3 is 1. The van der Waals surface area contributed by atoms with Gasteiger partial charge in [0.15, 0.2) is 11.5 Å². The Labute approximate surface area is 161 Å². The summed E-state index contributed by atoms with van der Waals surface area (Å²) < 4.78 is 16.4. The minimum absolute atomic E-state index is 0.104. The van der Waals surface area contributed by atoms with Crippen LogP contribution in [-0.4, -0.2) is 37.6 Å². The predicted octanol–water partition coefficient (Wildman–Crippen LogP) is 3.09. The lowest BCUT2D eigenvalue weighted by Gasteiger charge is -2.20. The van der Waals surface area contributed by atoms with Crippen LogP contribution in [-0.2, 0) is 0 Å². The van der Waals surface area contributed by atoms with Gasteiger partial charge in [0.25, 0.3) is 5.91 Å². The Balaban J connectivity index is 1.54. The minimum Gasteiger partial charge on any atom is -0.507 e. The highest BCUT2D eigenvalue weighted by atomic mass is 16.6. The Hall–Kier alpha value is -3.74. The molecule has 0 unspecified atom stereocenters. The number of nitrogens with one attached hydrogen (secondary N) is 1. The SMILES string of the molecule is COc1cc(/C=N\NC(=O)c2cc3ccccc3cc2O)cc2c1OCCO2. The van der Waals surface area contributed by atoms with Gasteiger partial charge in [0.05, 0.1) is 18.9 Å². The van der Waals surface area contributed by atoms with Crippen LogP contribution in [0.4, 0.5) is 0 Å². The standard InChI is InChI=1S/C21H18N2O5/c1-26-18-8-13(9-19-20(18)28-7-6-27-19)12-22-23-21(25)16-10-14-4-2-3-5-15(14)11-17(16)24/h2-5,8-12,24H,6-7H2,1H3,(H,23,25)/b22-12-. The third-order valence-corrected chi connectivity index (χ3v) is 4.34. The molecule has 0 aromatic heterocycles. The first-order chi connectivity index (χ1) is 13.7. The fraction of sp³-hybridized carbons (Fsp3) is 0.143. The van der Waals surface area contributed by atoms with Crippen molar-refractivity contribution < 1.29 is 24.1 Å². The van der Waals surface area contributed by atoms with Gasteiger partial charge in [-0.1, -0.05) is 24.3 Å². The highest BCUT2D eigenvalue weighted by molar-refractivity contribution is 6.01. The number of phenols is 1. The van der Waals surface area contributed by atoms with Gasteiger partial charge in [-0.15, -0.1) is 0 Å². The zero-order valence-electron chi connectivity index (χ0n) is 15.1. The molecular formula is C21H18N2O5. The molecule has 0 aliphatic carbocycles. The number of amides is 1. The van der Waals surface area contributed by atoms with E-state index in [9.17, 15) is 9.90 Å². The van der Waals surface area contributed by atoms with Crippen molar-refractivity contribution in [2.45, 2.75) is 0 Å². The molecule has 0 spiro atoms. The number of carbonyl (C=O) groups excluding carboxylic acids is 1. The topological polar surface area (TPSA) is 89.4 Å². The number of hydrogen-bond donors (Lipinski definition) is 2. The van der Waals surface area contributed by atoms with Crippen molar-refractivity contribution in [3.8, 4) is 23.0 Å². The number of carbonyl (C=O) groups is 1. The third-order valence-electron chi connectivity index (χ3n) is 4.34. The van der Waals surface area contributed by atoms with Gasteiger partial charge in [-0.2, -0.15) is 5.10 Å². The monoisotopic (exact) mass is 378 g/mol. The first-order valence-electron chi connectivity index (χ1n) is 8.68. The molecule has 0 saturated heterocycles. The van der Waals surface area contributed by atoms with Crippen LogP contribution in [0, 0.1) is 0 Å². The smallest absolute Gasteiger partial charge is 0.275 e. The number of phenolic OH excluding ortho intramolecular Hbond substituents is 1. The molecular weight excluding hydrogens is 360 g/mol. The second kappa shape index (κ2) is 7.48. The van der Waals surface area contributed by atoms with Gasteiger partial charge >= 0.3 is 0 Å². The van der Waals surface area contributed by atoms with E-state index in [4.69, 9.17) is 14.2 Å². The van der Waals surface area contributed by atoms with Crippen molar-refractivity contribution in [2.24, 2.45) is 5.10 Å². The molecule has 0 bridgehead atoms. The van der Waals surface area contributed by atoms with E-state index >= 15 is 0 Å². The molecule has 7 heteroatoms. The Morgan fingerprint density at radius 1 is 1.14 bits per heavy atom. The summed E-state index contributed by atoms with van der Waals surface area (Å²) in [5.74, 6) is 1.02. The van der Waals surface area contributed by atoms with Crippen molar-refractivity contribution in [3.05, 3.63) is 59.7 Å². The Kier molecular flexibility index (Phi) is 4.72. The average Bonchev–Trinajstić information content (AvgIpc) is 2.72. The lowest BCUT2D eigenvalue weighted by atomic mass is 10.1. The fourth-order valence-electron chi connectivity index (χ4n) is 3.00. The highest BCUT2D eigenvalue weighted by Gasteiger charge is 2.18. The number of aromatic hydroxyl groups is 1. The molecule has 1 aliphatic rings. The van der Waals surface area contributed by atoms with Crippen LogP contribution in [0.15, 0.2) is 53.6 Å². The minimum atomic E-state index is -0.510. The third kappa shape index (κ3) is 3.42. The van der Waals surface area contributed by atoms with E-state index in [-0.39, 0.29) is 11.3 Å². The number of ether oxygens (including phenoxy) is 3. The average molecular weight is 378 g/mol. The van der Waals surface area contributed by atoms with Gasteiger partial charge in [-0.25, -0.2) is 5.43 Å². The first kappa shape index (κ1) is 17.7. The van der Waals surface area contributed by atoms with Crippen molar-refractivity contribution in [2.75, 3.05) is 20.3 Å². The lowest BCUT2D eigenvalue weighted by molar-refractivity contribution is 0.0952. The zero-order chi connectivity index (χ0) is 19.5. The van der Waals surface area contributed by atoms with Crippen molar-refractivity contribution in [1.29, 1.82) is 0 Å². The van der Waals surface area contributed by atoms with E-state index < -0.39 is 5.91 Å². The van der Waals surface area contributed by atoms with Gasteiger partial charge in [0, 0.05) is 5.56 Å². The maximum absolute atomic E-state index is 12.4. The second-order valence-corrected chi connectivity index (χ2v) is 6.16. The summed E-state index contributed by atoms with van der Waals surface area (Å²) in [4.78, 5) is 12.4. The molecule has 3 aromatic carbocycles. The molecule has 2 N–H and O–H groups in total. The first-order valence-corrected chi connectivity index (χ1v) is 8.68. The van der Waals surface area contributed by atoms with E-state index in [1.54, 1.807) is 31.4 Å². The zero-order valence-corrected chi connectivity index (χ0v) is 15.1. The summed E-state index contributed by atoms with van der Waals surface area (Å²) in [5.41, 5.74) is 3.25. The Morgan fingerprint density at radius 2 is 1.89 bits per heavy atom. The summed E-state index contributed by atoms with van der Waals surface area (Å²) in [6.07, 6.45) is 1.47. The molecule has 0 radical (unpaired) electrons. The molecule has 0 saturated carbocycles. The molecule has 4 rings (SSSR count). The molecule has 1 amide bonds. The molecule has 1 heterocycles. The van der Waals surface area contributed by atoms with E-state index in [0.29, 0.717) is 36.0 Å². The molecule has 0 fully saturated rings. The van der Waals surface area contributed by atoms with E-state index in [1.807, 2.05) is 24.3 Å². The van der Waals surface area contributed by atoms with E-state index in [0.717, 1.165) is 10.8 Å². The van der Waals surface area contributed by atoms with E-state index in [2.05, 4.69) is 10.5 Å². The number of hydrogen-bond acceptors (Lipinski definition) is 6. The van der Waals surface area contributed by atoms with Crippen molar-refractivity contribution in [1.82, 2.24) is 5.43 Å². The quantitative estimate of drug-likeness (QED) is 0.538. The number of rotatable bonds is 4. The summed E-state index contributed by atoms with van der Waals surface area (Å²) >= 11 is 0. The molecule has 0 atom stereocenters. The van der Waals surface area contributed by atoms with Crippen LogP contribution in [0.25, 0.3) is 10.8 Å². The van der Waals surface area contributed by atoms with Crippen LogP contribution < -0.4 is 19.6 Å². The van der Waals surface area contributed by atoms with Gasteiger partial charge in [-0.05, 0) is 35.0 Å².